The van der Waals surface area contributed by atoms with Crippen LogP contribution < -0.4 is 10.1 Å². The summed E-state index contributed by atoms with van der Waals surface area (Å²) < 4.78 is 6.77. The molecule has 2 amide bonds. The van der Waals surface area contributed by atoms with Gasteiger partial charge in [0.05, 0.1) is 0 Å². The van der Waals surface area contributed by atoms with Crippen molar-refractivity contribution in [1.82, 2.24) is 15.2 Å². The molecule has 0 bridgehead atoms. The van der Waals surface area contributed by atoms with Crippen LogP contribution in [0.5, 0.6) is 11.6 Å². The predicted molar refractivity (Wildman–Crippen MR) is 121 cm³/mol. The minimum Gasteiger partial charge on any atom is -0.438 e. The van der Waals surface area contributed by atoms with E-state index in [2.05, 4.69) is 26.2 Å². The Labute approximate surface area is 189 Å². The molecule has 1 aromatic heterocycles. The zero-order valence-corrected chi connectivity index (χ0v) is 18.4. The average Bonchev–Trinajstić information content (AvgIpc) is 2.81. The molecule has 2 aromatic carbocycles. The van der Waals surface area contributed by atoms with Gasteiger partial charge < -0.3 is 15.0 Å². The van der Waals surface area contributed by atoms with E-state index in [9.17, 15) is 9.59 Å². The molecule has 1 saturated heterocycles. The Morgan fingerprint density at radius 3 is 2.39 bits per heavy atom. The van der Waals surface area contributed by atoms with Crippen LogP contribution >= 0.6 is 15.9 Å². The second-order valence-corrected chi connectivity index (χ2v) is 8.23. The predicted octanol–water partition coefficient (Wildman–Crippen LogP) is 4.67. The third-order valence-electron chi connectivity index (χ3n) is 5.18. The molecule has 158 valence electrons. The highest BCUT2D eigenvalue weighted by Crippen LogP contribution is 2.25. The molecule has 0 saturated carbocycles. The van der Waals surface area contributed by atoms with E-state index >= 15 is 0 Å². The highest BCUT2D eigenvalue weighted by molar-refractivity contribution is 9.10. The fourth-order valence-corrected chi connectivity index (χ4v) is 3.78. The monoisotopic (exact) mass is 479 g/mol. The number of piperidine rings is 1. The van der Waals surface area contributed by atoms with Crippen molar-refractivity contribution < 1.29 is 14.3 Å². The maximum atomic E-state index is 12.9. The average molecular weight is 480 g/mol. The Bertz CT molecular complexity index is 1050. The van der Waals surface area contributed by atoms with Crippen LogP contribution in [0.3, 0.4) is 0 Å². The maximum absolute atomic E-state index is 12.9. The summed E-state index contributed by atoms with van der Waals surface area (Å²) in [6, 6.07) is 20.0. The lowest BCUT2D eigenvalue weighted by Gasteiger charge is -2.32. The fourth-order valence-electron chi connectivity index (χ4n) is 3.51. The summed E-state index contributed by atoms with van der Waals surface area (Å²) in [5.74, 6) is 0.665. The number of nitrogens with zero attached hydrogens (tertiary/aromatic N) is 2. The van der Waals surface area contributed by atoms with Crippen LogP contribution in [0.4, 0.5) is 0 Å². The SMILES string of the molecule is O=C(NC1CCN(C(=O)c2ccccc2)CC1)c1cccnc1Oc1ccc(Br)cc1. The number of halogens is 1. The van der Waals surface area contributed by atoms with Gasteiger partial charge in [-0.2, -0.15) is 0 Å². The van der Waals surface area contributed by atoms with Crippen LogP contribution in [-0.2, 0) is 0 Å². The molecular formula is C24H22BrN3O3. The Hall–Kier alpha value is -3.19. The van der Waals surface area contributed by atoms with Crippen LogP contribution in [0, 0.1) is 0 Å². The van der Waals surface area contributed by atoms with E-state index in [0.717, 1.165) is 4.47 Å². The Kier molecular flexibility index (Phi) is 6.62. The van der Waals surface area contributed by atoms with E-state index in [0.29, 0.717) is 42.8 Å². The first kappa shape index (κ1) is 21.1. The summed E-state index contributed by atoms with van der Waals surface area (Å²) in [5, 5.41) is 3.07. The Morgan fingerprint density at radius 2 is 1.68 bits per heavy atom. The number of carbonyl (C=O) groups excluding carboxylic acids is 2. The van der Waals surface area contributed by atoms with Gasteiger partial charge in [-0.1, -0.05) is 34.1 Å². The third-order valence-corrected chi connectivity index (χ3v) is 5.71. The van der Waals surface area contributed by atoms with Crippen molar-refractivity contribution in [3.05, 3.63) is 88.5 Å². The molecular weight excluding hydrogens is 458 g/mol. The quantitative estimate of drug-likeness (QED) is 0.576. The largest absolute Gasteiger partial charge is 0.438 e. The zero-order chi connectivity index (χ0) is 21.6. The van der Waals surface area contributed by atoms with Crippen LogP contribution in [0.1, 0.15) is 33.6 Å². The number of nitrogens with one attached hydrogen (secondary N) is 1. The molecule has 0 spiro atoms. The standard InChI is InChI=1S/C24H22BrN3O3/c25-18-8-10-20(11-9-18)31-23-21(7-4-14-26-23)22(29)27-19-12-15-28(16-13-19)24(30)17-5-2-1-3-6-17/h1-11,14,19H,12-13,15-16H2,(H,27,29). The van der Waals surface area contributed by atoms with E-state index in [1.54, 1.807) is 30.5 Å². The molecule has 3 aromatic rings. The second kappa shape index (κ2) is 9.75. The van der Waals surface area contributed by atoms with Crippen molar-refractivity contribution in [2.75, 3.05) is 13.1 Å². The van der Waals surface area contributed by atoms with Crippen molar-refractivity contribution in [3.8, 4) is 11.6 Å². The van der Waals surface area contributed by atoms with E-state index in [4.69, 9.17) is 4.74 Å². The van der Waals surface area contributed by atoms with Crippen molar-refractivity contribution >= 4 is 27.7 Å². The molecule has 0 aliphatic carbocycles. The molecule has 4 rings (SSSR count). The van der Waals surface area contributed by atoms with E-state index in [1.807, 2.05) is 47.4 Å². The molecule has 1 fully saturated rings. The summed E-state index contributed by atoms with van der Waals surface area (Å²) >= 11 is 3.39. The van der Waals surface area contributed by atoms with E-state index < -0.39 is 0 Å². The number of hydrogen-bond donors (Lipinski definition) is 1. The minimum absolute atomic E-state index is 0.00643. The number of rotatable bonds is 5. The van der Waals surface area contributed by atoms with Crippen molar-refractivity contribution in [2.45, 2.75) is 18.9 Å². The lowest BCUT2D eigenvalue weighted by Crippen LogP contribution is -2.46. The van der Waals surface area contributed by atoms with Gasteiger partial charge in [-0.3, -0.25) is 9.59 Å². The van der Waals surface area contributed by atoms with Crippen LogP contribution in [0.2, 0.25) is 0 Å². The Morgan fingerprint density at radius 1 is 0.968 bits per heavy atom. The van der Waals surface area contributed by atoms with Crippen LogP contribution in [0.15, 0.2) is 77.4 Å². The Balaban J connectivity index is 1.36. The van der Waals surface area contributed by atoms with Gasteiger partial charge in [0.2, 0.25) is 5.88 Å². The minimum atomic E-state index is -0.229. The number of aromatic nitrogens is 1. The van der Waals surface area contributed by atoms with Gasteiger partial charge in [0.15, 0.2) is 0 Å². The number of hydrogen-bond acceptors (Lipinski definition) is 4. The number of carbonyl (C=O) groups is 2. The van der Waals surface area contributed by atoms with Crippen molar-refractivity contribution in [3.63, 3.8) is 0 Å². The van der Waals surface area contributed by atoms with E-state index in [1.165, 1.54) is 0 Å². The van der Waals surface area contributed by atoms with Crippen molar-refractivity contribution in [1.29, 1.82) is 0 Å². The van der Waals surface area contributed by atoms with Crippen LogP contribution in [-0.4, -0.2) is 40.8 Å². The molecule has 6 nitrogen and oxygen atoms in total. The first-order valence-electron chi connectivity index (χ1n) is 10.1. The second-order valence-electron chi connectivity index (χ2n) is 7.32. The normalized spacial score (nSPS) is 14.2. The van der Waals surface area contributed by atoms with Gasteiger partial charge in [-0.05, 0) is 61.4 Å². The van der Waals surface area contributed by atoms with Gasteiger partial charge in [0.25, 0.3) is 11.8 Å². The summed E-state index contributed by atoms with van der Waals surface area (Å²) in [6.07, 6.45) is 3.00. The highest BCUT2D eigenvalue weighted by atomic mass is 79.9. The van der Waals surface area contributed by atoms with Gasteiger partial charge in [0, 0.05) is 35.4 Å². The highest BCUT2D eigenvalue weighted by Gasteiger charge is 2.25. The molecule has 1 aliphatic rings. The van der Waals surface area contributed by atoms with Gasteiger partial charge in [-0.25, -0.2) is 4.98 Å². The van der Waals surface area contributed by atoms with Gasteiger partial charge >= 0.3 is 0 Å². The number of likely N-dealkylation sites (tertiary alicyclic amines) is 1. The number of pyridine rings is 1. The molecule has 2 heterocycles. The van der Waals surface area contributed by atoms with Gasteiger partial charge in [-0.15, -0.1) is 0 Å². The molecule has 7 heteroatoms. The lowest BCUT2D eigenvalue weighted by molar-refractivity contribution is 0.0698. The topological polar surface area (TPSA) is 71.5 Å². The molecule has 0 unspecified atom stereocenters. The van der Waals surface area contributed by atoms with Crippen LogP contribution in [0.25, 0.3) is 0 Å². The lowest BCUT2D eigenvalue weighted by atomic mass is 10.0. The fraction of sp³-hybridized carbons (Fsp3) is 0.208. The van der Waals surface area contributed by atoms with Crippen molar-refractivity contribution in [2.24, 2.45) is 0 Å². The molecule has 31 heavy (non-hydrogen) atoms. The van der Waals surface area contributed by atoms with Gasteiger partial charge in [0.1, 0.15) is 11.3 Å². The molecule has 1 aliphatic heterocycles. The first-order valence-corrected chi connectivity index (χ1v) is 10.9. The number of benzene rings is 2. The zero-order valence-electron chi connectivity index (χ0n) is 16.8. The molecule has 0 atom stereocenters. The smallest absolute Gasteiger partial charge is 0.257 e. The molecule has 1 N–H and O–H groups in total. The summed E-state index contributed by atoms with van der Waals surface area (Å²) in [4.78, 5) is 31.6. The first-order chi connectivity index (χ1) is 15.1. The summed E-state index contributed by atoms with van der Waals surface area (Å²) in [6.45, 7) is 1.21. The number of amides is 2. The summed E-state index contributed by atoms with van der Waals surface area (Å²) in [5.41, 5.74) is 1.07. The summed E-state index contributed by atoms with van der Waals surface area (Å²) in [7, 11) is 0. The molecule has 0 radical (unpaired) electrons. The third kappa shape index (κ3) is 5.30. The number of ether oxygens (including phenoxy) is 1. The maximum Gasteiger partial charge on any atom is 0.257 e. The van der Waals surface area contributed by atoms with E-state index in [-0.39, 0.29) is 23.7 Å².